The summed E-state index contributed by atoms with van der Waals surface area (Å²) in [6.45, 7) is 3.83. The SMILES string of the molecule is COc1ccc(-c2cc3nc([C@@H](C)NC(=O)C(C)Cc4cccs4)nn3cn2)cc1. The molecule has 0 saturated heterocycles. The van der Waals surface area contributed by atoms with Crippen molar-refractivity contribution in [3.05, 3.63) is 64.9 Å². The van der Waals surface area contributed by atoms with Crippen molar-refractivity contribution in [3.63, 3.8) is 0 Å². The first kappa shape index (κ1) is 20.0. The molecule has 4 rings (SSSR count). The quantitative estimate of drug-likeness (QED) is 0.489. The minimum absolute atomic E-state index is 0.00759. The zero-order valence-electron chi connectivity index (χ0n) is 17.1. The highest BCUT2D eigenvalue weighted by atomic mass is 32.1. The van der Waals surface area contributed by atoms with Crippen molar-refractivity contribution in [2.75, 3.05) is 7.11 Å². The van der Waals surface area contributed by atoms with Crippen molar-refractivity contribution in [1.29, 1.82) is 0 Å². The van der Waals surface area contributed by atoms with Gasteiger partial charge in [0.05, 0.1) is 18.8 Å². The number of fused-ring (bicyclic) bond motifs is 1. The molecule has 3 heterocycles. The molecule has 0 aliphatic carbocycles. The molecule has 7 nitrogen and oxygen atoms in total. The summed E-state index contributed by atoms with van der Waals surface area (Å²) >= 11 is 1.67. The second-order valence-corrected chi connectivity index (χ2v) is 8.22. The van der Waals surface area contributed by atoms with Crippen molar-refractivity contribution in [2.45, 2.75) is 26.3 Å². The number of hydrogen-bond acceptors (Lipinski definition) is 6. The summed E-state index contributed by atoms with van der Waals surface area (Å²) in [7, 11) is 1.64. The van der Waals surface area contributed by atoms with Crippen LogP contribution >= 0.6 is 11.3 Å². The molecule has 154 valence electrons. The highest BCUT2D eigenvalue weighted by Gasteiger charge is 2.20. The van der Waals surface area contributed by atoms with Crippen molar-refractivity contribution < 1.29 is 9.53 Å². The van der Waals surface area contributed by atoms with Gasteiger partial charge in [0.25, 0.3) is 0 Å². The second kappa shape index (κ2) is 8.62. The van der Waals surface area contributed by atoms with E-state index in [-0.39, 0.29) is 17.9 Å². The number of carbonyl (C=O) groups excluding carboxylic acids is 1. The van der Waals surface area contributed by atoms with Crippen molar-refractivity contribution in [1.82, 2.24) is 24.9 Å². The van der Waals surface area contributed by atoms with E-state index in [0.717, 1.165) is 23.4 Å². The zero-order valence-corrected chi connectivity index (χ0v) is 17.9. The van der Waals surface area contributed by atoms with E-state index in [1.165, 1.54) is 4.88 Å². The third-order valence-corrected chi connectivity index (χ3v) is 5.81. The average Bonchev–Trinajstić information content (AvgIpc) is 3.42. The first-order valence-electron chi connectivity index (χ1n) is 9.73. The van der Waals surface area contributed by atoms with E-state index < -0.39 is 0 Å². The van der Waals surface area contributed by atoms with Gasteiger partial charge < -0.3 is 10.1 Å². The summed E-state index contributed by atoms with van der Waals surface area (Å²) < 4.78 is 6.83. The molecule has 1 N–H and O–H groups in total. The number of benzene rings is 1. The lowest BCUT2D eigenvalue weighted by Gasteiger charge is -2.14. The fourth-order valence-electron chi connectivity index (χ4n) is 3.16. The molecule has 1 aromatic carbocycles. The van der Waals surface area contributed by atoms with Gasteiger partial charge in [0, 0.05) is 22.4 Å². The van der Waals surface area contributed by atoms with Crippen LogP contribution in [0, 0.1) is 5.92 Å². The number of nitrogens with one attached hydrogen (secondary N) is 1. The molecule has 1 unspecified atom stereocenters. The maximum atomic E-state index is 12.6. The summed E-state index contributed by atoms with van der Waals surface area (Å²) in [5, 5.41) is 9.52. The number of rotatable bonds is 7. The number of ether oxygens (including phenoxy) is 1. The van der Waals surface area contributed by atoms with Gasteiger partial charge in [-0.2, -0.15) is 0 Å². The number of thiophene rings is 1. The summed E-state index contributed by atoms with van der Waals surface area (Å²) in [5.41, 5.74) is 2.44. The number of aromatic nitrogens is 4. The van der Waals surface area contributed by atoms with E-state index in [2.05, 4.69) is 26.4 Å². The van der Waals surface area contributed by atoms with Crippen molar-refractivity contribution in [2.24, 2.45) is 5.92 Å². The summed E-state index contributed by atoms with van der Waals surface area (Å²) in [5.74, 6) is 1.22. The summed E-state index contributed by atoms with van der Waals surface area (Å²) in [6.07, 6.45) is 2.36. The Morgan fingerprint density at radius 3 is 2.73 bits per heavy atom. The Morgan fingerprint density at radius 1 is 1.23 bits per heavy atom. The molecule has 0 spiro atoms. The number of methoxy groups -OCH3 is 1. The standard InChI is InChI=1S/C22H23N5O2S/c1-14(11-18-5-4-10-30-18)22(28)24-15(2)21-25-20-12-19(23-13-27(20)26-21)16-6-8-17(29-3)9-7-16/h4-10,12-15H,11H2,1-3H3,(H,24,28)/t14?,15-/m1/s1. The van der Waals surface area contributed by atoms with Crippen molar-refractivity contribution in [3.8, 4) is 17.0 Å². The van der Waals surface area contributed by atoms with Crippen LogP contribution < -0.4 is 10.1 Å². The molecular weight excluding hydrogens is 398 g/mol. The Labute approximate surface area is 178 Å². The number of hydrogen-bond donors (Lipinski definition) is 1. The molecule has 3 aromatic heterocycles. The van der Waals surface area contributed by atoms with Crippen LogP contribution in [0.1, 0.15) is 30.6 Å². The molecule has 4 aromatic rings. The van der Waals surface area contributed by atoms with Crippen LogP contribution in [-0.2, 0) is 11.2 Å². The van der Waals surface area contributed by atoms with Crippen LogP contribution in [-0.4, -0.2) is 32.6 Å². The van der Waals surface area contributed by atoms with E-state index >= 15 is 0 Å². The molecule has 0 radical (unpaired) electrons. The Balaban J connectivity index is 1.47. The minimum Gasteiger partial charge on any atom is -0.497 e. The van der Waals surface area contributed by atoms with Crippen LogP contribution in [0.25, 0.3) is 16.9 Å². The number of amides is 1. The zero-order chi connectivity index (χ0) is 21.1. The molecule has 30 heavy (non-hydrogen) atoms. The van der Waals surface area contributed by atoms with E-state index in [1.807, 2.05) is 55.6 Å². The van der Waals surface area contributed by atoms with Gasteiger partial charge in [0.1, 0.15) is 12.1 Å². The van der Waals surface area contributed by atoms with Crippen molar-refractivity contribution >= 4 is 22.9 Å². The molecule has 0 aliphatic heterocycles. The normalized spacial score (nSPS) is 13.2. The number of nitrogens with zero attached hydrogens (tertiary/aromatic N) is 4. The van der Waals surface area contributed by atoms with E-state index in [4.69, 9.17) is 4.74 Å². The monoisotopic (exact) mass is 421 g/mol. The maximum absolute atomic E-state index is 12.6. The number of carbonyl (C=O) groups is 1. The molecule has 0 aliphatic rings. The van der Waals surface area contributed by atoms with Gasteiger partial charge in [-0.3, -0.25) is 4.79 Å². The molecule has 1 amide bonds. The van der Waals surface area contributed by atoms with Crippen LogP contribution in [0.5, 0.6) is 5.75 Å². The largest absolute Gasteiger partial charge is 0.497 e. The summed E-state index contributed by atoms with van der Waals surface area (Å²) in [6, 6.07) is 13.3. The Kier molecular flexibility index (Phi) is 5.76. The fraction of sp³-hybridized carbons (Fsp3) is 0.273. The minimum atomic E-state index is -0.298. The van der Waals surface area contributed by atoms with Gasteiger partial charge in [0.15, 0.2) is 11.5 Å². The Morgan fingerprint density at radius 2 is 2.03 bits per heavy atom. The van der Waals surface area contributed by atoms with Crippen LogP contribution in [0.2, 0.25) is 0 Å². The lowest BCUT2D eigenvalue weighted by atomic mass is 10.1. The fourth-order valence-corrected chi connectivity index (χ4v) is 3.99. The highest BCUT2D eigenvalue weighted by Crippen LogP contribution is 2.22. The van der Waals surface area contributed by atoms with E-state index in [9.17, 15) is 4.79 Å². The van der Waals surface area contributed by atoms with Crippen LogP contribution in [0.4, 0.5) is 0 Å². The van der Waals surface area contributed by atoms with Gasteiger partial charge in [-0.15, -0.1) is 16.4 Å². The smallest absolute Gasteiger partial charge is 0.223 e. The van der Waals surface area contributed by atoms with Gasteiger partial charge >= 0.3 is 0 Å². The first-order valence-corrected chi connectivity index (χ1v) is 10.6. The molecule has 8 heteroatoms. The van der Waals surface area contributed by atoms with Crippen LogP contribution in [0.15, 0.2) is 54.2 Å². The lowest BCUT2D eigenvalue weighted by Crippen LogP contribution is -2.32. The molecule has 2 atom stereocenters. The molecule has 0 saturated carbocycles. The second-order valence-electron chi connectivity index (χ2n) is 7.19. The lowest BCUT2D eigenvalue weighted by molar-refractivity contribution is -0.125. The molecular formula is C22H23N5O2S. The third kappa shape index (κ3) is 4.33. The molecule has 0 bridgehead atoms. The highest BCUT2D eigenvalue weighted by molar-refractivity contribution is 7.09. The predicted molar refractivity (Wildman–Crippen MR) is 117 cm³/mol. The van der Waals surface area contributed by atoms with Gasteiger partial charge in [-0.05, 0) is 49.1 Å². The average molecular weight is 422 g/mol. The summed E-state index contributed by atoms with van der Waals surface area (Å²) in [4.78, 5) is 22.8. The Hall–Kier alpha value is -3.26. The Bertz CT molecular complexity index is 1140. The first-order chi connectivity index (χ1) is 14.5. The van der Waals surface area contributed by atoms with E-state index in [0.29, 0.717) is 11.5 Å². The van der Waals surface area contributed by atoms with Gasteiger partial charge in [-0.25, -0.2) is 14.5 Å². The topological polar surface area (TPSA) is 81.4 Å². The van der Waals surface area contributed by atoms with Gasteiger partial charge in [-0.1, -0.05) is 13.0 Å². The van der Waals surface area contributed by atoms with Gasteiger partial charge in [0.2, 0.25) is 5.91 Å². The third-order valence-electron chi connectivity index (χ3n) is 4.91. The molecule has 0 fully saturated rings. The van der Waals surface area contributed by atoms with Crippen LogP contribution in [0.3, 0.4) is 0 Å². The van der Waals surface area contributed by atoms with E-state index in [1.54, 1.807) is 29.3 Å². The maximum Gasteiger partial charge on any atom is 0.223 e. The predicted octanol–water partition coefficient (Wildman–Crippen LogP) is 3.92.